The highest BCUT2D eigenvalue weighted by molar-refractivity contribution is 6.32. The third-order valence-electron chi connectivity index (χ3n) is 2.59. The van der Waals surface area contributed by atoms with Gasteiger partial charge in [0, 0.05) is 5.02 Å². The van der Waals surface area contributed by atoms with Crippen LogP contribution in [0.3, 0.4) is 0 Å². The lowest BCUT2D eigenvalue weighted by Gasteiger charge is -2.06. The predicted octanol–water partition coefficient (Wildman–Crippen LogP) is 4.83. The van der Waals surface area contributed by atoms with E-state index in [4.69, 9.17) is 33.2 Å². The molecule has 0 aromatic heterocycles. The first kappa shape index (κ1) is 12.8. The van der Waals surface area contributed by atoms with Gasteiger partial charge in [-0.05, 0) is 41.8 Å². The SMILES string of the molecule is Cc1ccc(-c2ccc(OC#N)c(Cl)c2)cc1Cl. The van der Waals surface area contributed by atoms with E-state index in [2.05, 4.69) is 0 Å². The number of hydrogen-bond donors (Lipinski definition) is 0. The van der Waals surface area contributed by atoms with Crippen molar-refractivity contribution in [3.8, 4) is 23.1 Å². The molecule has 2 nitrogen and oxygen atoms in total. The van der Waals surface area contributed by atoms with Gasteiger partial charge in [-0.2, -0.15) is 0 Å². The minimum Gasteiger partial charge on any atom is -0.386 e. The highest BCUT2D eigenvalue weighted by Gasteiger charge is 2.06. The molecule has 0 radical (unpaired) electrons. The summed E-state index contributed by atoms with van der Waals surface area (Å²) < 4.78 is 4.72. The summed E-state index contributed by atoms with van der Waals surface area (Å²) in [6, 6.07) is 11.0. The minimum atomic E-state index is 0.348. The highest BCUT2D eigenvalue weighted by Crippen LogP contribution is 2.31. The molecule has 0 aliphatic heterocycles. The fourth-order valence-corrected chi connectivity index (χ4v) is 1.98. The Labute approximate surface area is 115 Å². The molecule has 0 unspecified atom stereocenters. The zero-order valence-electron chi connectivity index (χ0n) is 9.58. The first-order valence-electron chi connectivity index (χ1n) is 5.24. The lowest BCUT2D eigenvalue weighted by molar-refractivity contribution is 0.507. The molecular formula is C14H9Cl2NO. The number of aryl methyl sites for hydroxylation is 1. The third kappa shape index (κ3) is 2.59. The smallest absolute Gasteiger partial charge is 0.292 e. The van der Waals surface area contributed by atoms with Gasteiger partial charge in [-0.3, -0.25) is 0 Å². The Morgan fingerprint density at radius 1 is 1.00 bits per heavy atom. The maximum absolute atomic E-state index is 8.45. The van der Waals surface area contributed by atoms with E-state index in [0.29, 0.717) is 15.8 Å². The van der Waals surface area contributed by atoms with Crippen molar-refractivity contribution in [3.63, 3.8) is 0 Å². The first-order chi connectivity index (χ1) is 8.61. The quantitative estimate of drug-likeness (QED) is 0.737. The van der Waals surface area contributed by atoms with E-state index in [1.54, 1.807) is 18.4 Å². The molecule has 4 heteroatoms. The molecule has 0 N–H and O–H groups in total. The monoisotopic (exact) mass is 277 g/mol. The summed E-state index contributed by atoms with van der Waals surface area (Å²) in [6.45, 7) is 1.95. The van der Waals surface area contributed by atoms with Crippen molar-refractivity contribution >= 4 is 23.2 Å². The van der Waals surface area contributed by atoms with Crippen molar-refractivity contribution in [3.05, 3.63) is 52.0 Å². The number of nitriles is 1. The molecular weight excluding hydrogens is 269 g/mol. The zero-order valence-corrected chi connectivity index (χ0v) is 11.1. The average Bonchev–Trinajstić information content (AvgIpc) is 2.35. The topological polar surface area (TPSA) is 33.0 Å². The van der Waals surface area contributed by atoms with Gasteiger partial charge in [-0.1, -0.05) is 41.4 Å². The fraction of sp³-hybridized carbons (Fsp3) is 0.0714. The summed E-state index contributed by atoms with van der Waals surface area (Å²) in [6.07, 6.45) is 1.60. The molecule has 2 aromatic carbocycles. The predicted molar refractivity (Wildman–Crippen MR) is 72.9 cm³/mol. The van der Waals surface area contributed by atoms with Gasteiger partial charge in [0.25, 0.3) is 6.26 Å². The number of hydrogen-bond acceptors (Lipinski definition) is 2. The maximum Gasteiger partial charge on any atom is 0.292 e. The molecule has 0 heterocycles. The van der Waals surface area contributed by atoms with Crippen LogP contribution in [0.2, 0.25) is 10.0 Å². The van der Waals surface area contributed by atoms with Crippen LogP contribution in [0.4, 0.5) is 0 Å². The first-order valence-corrected chi connectivity index (χ1v) is 5.99. The second-order valence-electron chi connectivity index (χ2n) is 3.80. The number of rotatable bonds is 2. The number of nitrogens with zero attached hydrogens (tertiary/aromatic N) is 1. The van der Waals surface area contributed by atoms with E-state index in [1.165, 1.54) is 0 Å². The summed E-state index contributed by atoms with van der Waals surface area (Å²) in [5, 5.41) is 9.55. The normalized spacial score (nSPS) is 9.89. The van der Waals surface area contributed by atoms with Gasteiger partial charge in [0.2, 0.25) is 0 Å². The molecule has 0 saturated heterocycles. The van der Waals surface area contributed by atoms with Crippen LogP contribution in [0.1, 0.15) is 5.56 Å². The van der Waals surface area contributed by atoms with Crippen molar-refractivity contribution in [2.24, 2.45) is 0 Å². The van der Waals surface area contributed by atoms with Crippen LogP contribution < -0.4 is 4.74 Å². The Kier molecular flexibility index (Phi) is 3.76. The van der Waals surface area contributed by atoms with Gasteiger partial charge in [0.1, 0.15) is 0 Å². The van der Waals surface area contributed by atoms with Crippen LogP contribution in [-0.4, -0.2) is 0 Å². The molecule has 0 fully saturated rings. The number of ether oxygens (including phenoxy) is 1. The summed E-state index contributed by atoms with van der Waals surface area (Å²) in [4.78, 5) is 0. The average molecular weight is 278 g/mol. The third-order valence-corrected chi connectivity index (χ3v) is 3.30. The maximum atomic E-state index is 8.45. The summed E-state index contributed by atoms with van der Waals surface area (Å²) in [5.74, 6) is 0.348. The van der Waals surface area contributed by atoms with Crippen molar-refractivity contribution in [1.29, 1.82) is 5.26 Å². The molecule has 0 spiro atoms. The van der Waals surface area contributed by atoms with Crippen LogP contribution in [0.15, 0.2) is 36.4 Å². The largest absolute Gasteiger partial charge is 0.386 e. The summed E-state index contributed by atoms with van der Waals surface area (Å²) >= 11 is 12.1. The Balaban J connectivity index is 2.43. The van der Waals surface area contributed by atoms with E-state index in [1.807, 2.05) is 31.2 Å². The van der Waals surface area contributed by atoms with E-state index < -0.39 is 0 Å². The molecule has 0 amide bonds. The van der Waals surface area contributed by atoms with Gasteiger partial charge in [-0.15, -0.1) is 5.26 Å². The molecule has 0 bridgehead atoms. The van der Waals surface area contributed by atoms with Crippen LogP contribution in [0.5, 0.6) is 5.75 Å². The number of benzene rings is 2. The van der Waals surface area contributed by atoms with Gasteiger partial charge < -0.3 is 4.74 Å². The molecule has 2 rings (SSSR count). The molecule has 18 heavy (non-hydrogen) atoms. The van der Waals surface area contributed by atoms with Gasteiger partial charge >= 0.3 is 0 Å². The molecule has 0 saturated carbocycles. The van der Waals surface area contributed by atoms with E-state index >= 15 is 0 Å². The van der Waals surface area contributed by atoms with Gasteiger partial charge in [-0.25, -0.2) is 0 Å². The molecule has 2 aromatic rings. The molecule has 90 valence electrons. The number of halogens is 2. The summed E-state index contributed by atoms with van der Waals surface area (Å²) in [5.41, 5.74) is 2.92. The molecule has 0 atom stereocenters. The van der Waals surface area contributed by atoms with E-state index in [9.17, 15) is 0 Å². The van der Waals surface area contributed by atoms with E-state index in [-0.39, 0.29) is 0 Å². The Hall–Kier alpha value is -1.69. The van der Waals surface area contributed by atoms with Crippen LogP contribution >= 0.6 is 23.2 Å². The summed E-state index contributed by atoms with van der Waals surface area (Å²) in [7, 11) is 0. The second-order valence-corrected chi connectivity index (χ2v) is 4.62. The van der Waals surface area contributed by atoms with Crippen molar-refractivity contribution in [1.82, 2.24) is 0 Å². The van der Waals surface area contributed by atoms with Crippen LogP contribution in [0, 0.1) is 18.4 Å². The van der Waals surface area contributed by atoms with Crippen molar-refractivity contribution in [2.45, 2.75) is 6.92 Å². The second kappa shape index (κ2) is 5.30. The highest BCUT2D eigenvalue weighted by atomic mass is 35.5. The van der Waals surface area contributed by atoms with Gasteiger partial charge in [0.15, 0.2) is 5.75 Å². The van der Waals surface area contributed by atoms with Crippen LogP contribution in [-0.2, 0) is 0 Å². The lowest BCUT2D eigenvalue weighted by atomic mass is 10.0. The molecule has 0 aliphatic rings. The van der Waals surface area contributed by atoms with Crippen LogP contribution in [0.25, 0.3) is 11.1 Å². The minimum absolute atomic E-state index is 0.348. The lowest BCUT2D eigenvalue weighted by Crippen LogP contribution is -1.85. The Morgan fingerprint density at radius 2 is 1.61 bits per heavy atom. The zero-order chi connectivity index (χ0) is 13.1. The van der Waals surface area contributed by atoms with Crippen molar-refractivity contribution in [2.75, 3.05) is 0 Å². The molecule has 0 aliphatic carbocycles. The Morgan fingerprint density at radius 3 is 2.17 bits per heavy atom. The standard InChI is InChI=1S/C14H9Cl2NO/c1-9-2-3-10(6-12(9)15)11-4-5-14(18-8-17)13(16)7-11/h2-7H,1H3. The fourth-order valence-electron chi connectivity index (χ4n) is 1.58. The van der Waals surface area contributed by atoms with E-state index in [0.717, 1.165) is 16.7 Å². The van der Waals surface area contributed by atoms with Gasteiger partial charge in [0.05, 0.1) is 5.02 Å². The Bertz CT molecular complexity index is 632. The van der Waals surface area contributed by atoms with Crippen molar-refractivity contribution < 1.29 is 4.74 Å².